The fraction of sp³-hybridized carbons (Fsp3) is 0.286. The molecule has 0 saturated heterocycles. The van der Waals surface area contributed by atoms with Crippen LogP contribution in [0.1, 0.15) is 24.7 Å². The fourth-order valence-corrected chi connectivity index (χ4v) is 1.91. The van der Waals surface area contributed by atoms with Gasteiger partial charge in [0.1, 0.15) is 34.1 Å². The Balaban J connectivity index is 2.42. The van der Waals surface area contributed by atoms with Gasteiger partial charge in [0.15, 0.2) is 0 Å². The van der Waals surface area contributed by atoms with E-state index in [2.05, 4.69) is 15.3 Å². The molecule has 0 aliphatic rings. The van der Waals surface area contributed by atoms with E-state index in [0.29, 0.717) is 23.6 Å². The molecule has 0 saturated carbocycles. The Morgan fingerprint density at radius 3 is 2.45 bits per heavy atom. The van der Waals surface area contributed by atoms with Crippen molar-refractivity contribution < 1.29 is 8.78 Å². The Hall–Kier alpha value is -1.75. The largest absolute Gasteiger partial charge is 0.335 e. The number of anilines is 2. The summed E-state index contributed by atoms with van der Waals surface area (Å²) in [5, 5.41) is 2.94. The molecule has 1 aromatic carbocycles. The summed E-state index contributed by atoms with van der Waals surface area (Å²) in [5.41, 5.74) is 0.307. The zero-order valence-corrected chi connectivity index (χ0v) is 11.9. The van der Waals surface area contributed by atoms with Crippen LogP contribution in [0.3, 0.4) is 0 Å². The topological polar surface area (TPSA) is 37.8 Å². The van der Waals surface area contributed by atoms with Gasteiger partial charge in [-0.15, -0.1) is 0 Å². The van der Waals surface area contributed by atoms with Gasteiger partial charge >= 0.3 is 0 Å². The molecule has 0 bridgehead atoms. The van der Waals surface area contributed by atoms with Crippen molar-refractivity contribution >= 4 is 23.1 Å². The lowest BCUT2D eigenvalue weighted by atomic mass is 10.2. The molecule has 0 radical (unpaired) electrons. The quantitative estimate of drug-likeness (QED) is 0.849. The van der Waals surface area contributed by atoms with Crippen LogP contribution < -0.4 is 5.32 Å². The van der Waals surface area contributed by atoms with Gasteiger partial charge in [-0.25, -0.2) is 18.7 Å². The second-order valence-corrected chi connectivity index (χ2v) is 4.73. The number of halogens is 3. The second kappa shape index (κ2) is 6.13. The van der Waals surface area contributed by atoms with Gasteiger partial charge in [0.05, 0.1) is 0 Å². The van der Waals surface area contributed by atoms with Crippen molar-refractivity contribution in [2.24, 2.45) is 0 Å². The summed E-state index contributed by atoms with van der Waals surface area (Å²) in [6.45, 7) is 3.68. The maximum absolute atomic E-state index is 13.6. The molecule has 0 aliphatic carbocycles. The lowest BCUT2D eigenvalue weighted by Gasteiger charge is -2.12. The maximum atomic E-state index is 13.6. The summed E-state index contributed by atoms with van der Waals surface area (Å²) in [4.78, 5) is 8.40. The van der Waals surface area contributed by atoms with E-state index in [1.165, 1.54) is 18.2 Å². The molecule has 20 heavy (non-hydrogen) atoms. The van der Waals surface area contributed by atoms with Crippen molar-refractivity contribution in [1.29, 1.82) is 0 Å². The molecule has 6 heteroatoms. The van der Waals surface area contributed by atoms with Crippen LogP contribution in [0.15, 0.2) is 18.2 Å². The zero-order chi connectivity index (χ0) is 14.7. The van der Waals surface area contributed by atoms with Gasteiger partial charge in [-0.1, -0.05) is 24.6 Å². The highest BCUT2D eigenvalue weighted by Crippen LogP contribution is 2.27. The highest BCUT2D eigenvalue weighted by molar-refractivity contribution is 6.30. The molecular formula is C14H14ClF2N3. The minimum absolute atomic E-state index is 0.243. The summed E-state index contributed by atoms with van der Waals surface area (Å²) in [7, 11) is 0. The van der Waals surface area contributed by atoms with E-state index < -0.39 is 11.6 Å². The first kappa shape index (κ1) is 14.7. The third kappa shape index (κ3) is 3.04. The molecule has 0 fully saturated rings. The molecule has 3 nitrogen and oxygen atoms in total. The predicted octanol–water partition coefficient (Wildman–Crippen LogP) is 4.41. The third-order valence-corrected chi connectivity index (χ3v) is 3.18. The van der Waals surface area contributed by atoms with Crippen molar-refractivity contribution in [2.45, 2.75) is 26.7 Å². The van der Waals surface area contributed by atoms with Crippen LogP contribution in [0.25, 0.3) is 0 Å². The average molecular weight is 298 g/mol. The number of nitrogens with one attached hydrogen (secondary N) is 1. The second-order valence-electron chi connectivity index (χ2n) is 4.38. The van der Waals surface area contributed by atoms with Gasteiger partial charge in [-0.2, -0.15) is 0 Å². The van der Waals surface area contributed by atoms with Crippen LogP contribution in [0.2, 0.25) is 5.15 Å². The first-order valence-corrected chi connectivity index (χ1v) is 6.64. The minimum Gasteiger partial charge on any atom is -0.335 e. The third-order valence-electron chi connectivity index (χ3n) is 2.81. The van der Waals surface area contributed by atoms with Gasteiger partial charge in [0, 0.05) is 12.0 Å². The highest BCUT2D eigenvalue weighted by Gasteiger charge is 2.14. The van der Waals surface area contributed by atoms with Crippen LogP contribution in [0, 0.1) is 18.6 Å². The van der Waals surface area contributed by atoms with E-state index in [9.17, 15) is 8.78 Å². The molecule has 1 heterocycles. The molecule has 1 aromatic heterocycles. The zero-order valence-electron chi connectivity index (χ0n) is 11.2. The Bertz CT molecular complexity index is 612. The summed E-state index contributed by atoms with van der Waals surface area (Å²) >= 11 is 6.02. The first-order valence-electron chi connectivity index (χ1n) is 6.27. The molecule has 0 atom stereocenters. The van der Waals surface area contributed by atoms with Gasteiger partial charge in [-0.3, -0.25) is 0 Å². The molecule has 0 unspecified atom stereocenters. The monoisotopic (exact) mass is 297 g/mol. The van der Waals surface area contributed by atoms with Gasteiger partial charge < -0.3 is 5.32 Å². The van der Waals surface area contributed by atoms with Gasteiger partial charge in [0.2, 0.25) is 0 Å². The minimum atomic E-state index is -0.684. The molecule has 0 aliphatic heterocycles. The fourth-order valence-electron chi connectivity index (χ4n) is 1.73. The summed E-state index contributed by atoms with van der Waals surface area (Å²) in [6, 6.07) is 3.66. The van der Waals surface area contributed by atoms with Crippen LogP contribution in [0.5, 0.6) is 0 Å². The van der Waals surface area contributed by atoms with E-state index in [1.807, 2.05) is 6.92 Å². The standard InChI is InChI=1S/C14H14ClF2N3/c1-3-5-11-18-13(15)8(2)14(19-11)20-12-9(16)6-4-7-10(12)17/h4,6-7H,3,5H2,1-2H3,(H,18,19,20). The van der Waals surface area contributed by atoms with Crippen LogP contribution >= 0.6 is 11.6 Å². The van der Waals surface area contributed by atoms with E-state index in [-0.39, 0.29) is 10.8 Å². The van der Waals surface area contributed by atoms with Crippen molar-refractivity contribution in [1.82, 2.24) is 9.97 Å². The van der Waals surface area contributed by atoms with Crippen molar-refractivity contribution in [3.05, 3.63) is 46.4 Å². The molecule has 0 amide bonds. The van der Waals surface area contributed by atoms with E-state index in [4.69, 9.17) is 11.6 Å². The summed E-state index contributed by atoms with van der Waals surface area (Å²) < 4.78 is 27.3. The van der Waals surface area contributed by atoms with Crippen LogP contribution in [-0.4, -0.2) is 9.97 Å². The first-order chi connectivity index (χ1) is 9.52. The van der Waals surface area contributed by atoms with E-state index >= 15 is 0 Å². The van der Waals surface area contributed by atoms with Crippen molar-refractivity contribution in [3.8, 4) is 0 Å². The molecule has 1 N–H and O–H groups in total. The van der Waals surface area contributed by atoms with Crippen molar-refractivity contribution in [3.63, 3.8) is 0 Å². The Morgan fingerprint density at radius 1 is 1.20 bits per heavy atom. The van der Waals surface area contributed by atoms with Crippen LogP contribution in [0.4, 0.5) is 20.3 Å². The number of para-hydroxylation sites is 1. The summed E-state index contributed by atoms with van der Waals surface area (Å²) in [5.74, 6) is -0.507. The number of benzene rings is 1. The number of aromatic nitrogens is 2. The lowest BCUT2D eigenvalue weighted by Crippen LogP contribution is -2.06. The number of hydrogen-bond donors (Lipinski definition) is 1. The molecular weight excluding hydrogens is 284 g/mol. The Morgan fingerprint density at radius 2 is 1.85 bits per heavy atom. The summed E-state index contributed by atoms with van der Waals surface area (Å²) in [6.07, 6.45) is 1.50. The number of aryl methyl sites for hydroxylation is 1. The van der Waals surface area contributed by atoms with E-state index in [0.717, 1.165) is 6.42 Å². The maximum Gasteiger partial charge on any atom is 0.149 e. The van der Waals surface area contributed by atoms with E-state index in [1.54, 1.807) is 6.92 Å². The lowest BCUT2D eigenvalue weighted by molar-refractivity contribution is 0.590. The molecule has 2 rings (SSSR count). The number of nitrogens with zero attached hydrogens (tertiary/aromatic N) is 2. The molecule has 2 aromatic rings. The SMILES string of the molecule is CCCc1nc(Cl)c(C)c(Nc2c(F)cccc2F)n1. The number of hydrogen-bond acceptors (Lipinski definition) is 3. The molecule has 0 spiro atoms. The average Bonchev–Trinajstić information content (AvgIpc) is 2.39. The molecule has 106 valence electrons. The predicted molar refractivity (Wildman–Crippen MR) is 75.4 cm³/mol. The van der Waals surface area contributed by atoms with Gasteiger partial charge in [0.25, 0.3) is 0 Å². The highest BCUT2D eigenvalue weighted by atomic mass is 35.5. The normalized spacial score (nSPS) is 10.7. The van der Waals surface area contributed by atoms with Gasteiger partial charge in [-0.05, 0) is 25.5 Å². The number of rotatable bonds is 4. The smallest absolute Gasteiger partial charge is 0.149 e. The Labute approximate surface area is 121 Å². The van der Waals surface area contributed by atoms with Crippen molar-refractivity contribution in [2.75, 3.05) is 5.32 Å². The Kier molecular flexibility index (Phi) is 4.49. The van der Waals surface area contributed by atoms with Crippen LogP contribution in [-0.2, 0) is 6.42 Å².